The van der Waals surface area contributed by atoms with E-state index in [1.165, 1.54) is 6.07 Å². The van der Waals surface area contributed by atoms with Crippen LogP contribution in [0.4, 0.5) is 4.39 Å². The Hall–Kier alpha value is -1.05. The van der Waals surface area contributed by atoms with Gasteiger partial charge < -0.3 is 4.74 Å². The van der Waals surface area contributed by atoms with Crippen LogP contribution in [-0.4, -0.2) is 7.11 Å². The highest BCUT2D eigenvalue weighted by Crippen LogP contribution is 2.28. The summed E-state index contributed by atoms with van der Waals surface area (Å²) in [6.45, 7) is 4.15. The summed E-state index contributed by atoms with van der Waals surface area (Å²) in [4.78, 5) is 0. The SMILES string of the molecule is CCC(C)c1cc(F)ccc1OC. The van der Waals surface area contributed by atoms with Crippen molar-refractivity contribution >= 4 is 0 Å². The molecular weight excluding hydrogens is 167 g/mol. The van der Waals surface area contributed by atoms with Gasteiger partial charge in [-0.25, -0.2) is 4.39 Å². The Bertz CT molecular complexity index is 283. The summed E-state index contributed by atoms with van der Waals surface area (Å²) < 4.78 is 18.1. The average molecular weight is 182 g/mol. The van der Waals surface area contributed by atoms with Crippen LogP contribution in [0.2, 0.25) is 0 Å². The van der Waals surface area contributed by atoms with Gasteiger partial charge in [0.05, 0.1) is 7.11 Å². The lowest BCUT2D eigenvalue weighted by Crippen LogP contribution is -1.97. The molecule has 1 aromatic carbocycles. The zero-order chi connectivity index (χ0) is 9.84. The quantitative estimate of drug-likeness (QED) is 0.696. The third-order valence-corrected chi connectivity index (χ3v) is 2.34. The fourth-order valence-electron chi connectivity index (χ4n) is 1.31. The largest absolute Gasteiger partial charge is 0.496 e. The number of hydrogen-bond donors (Lipinski definition) is 0. The van der Waals surface area contributed by atoms with Crippen molar-refractivity contribution in [3.05, 3.63) is 29.6 Å². The lowest BCUT2D eigenvalue weighted by Gasteiger charge is -2.13. The molecule has 72 valence electrons. The highest BCUT2D eigenvalue weighted by atomic mass is 19.1. The molecule has 0 fully saturated rings. The summed E-state index contributed by atoms with van der Waals surface area (Å²) >= 11 is 0. The van der Waals surface area contributed by atoms with Gasteiger partial charge in [0.25, 0.3) is 0 Å². The van der Waals surface area contributed by atoms with E-state index in [9.17, 15) is 4.39 Å². The number of halogens is 1. The third kappa shape index (κ3) is 2.20. The molecule has 13 heavy (non-hydrogen) atoms. The maximum atomic E-state index is 12.9. The molecule has 0 N–H and O–H groups in total. The average Bonchev–Trinajstić information content (AvgIpc) is 2.16. The van der Waals surface area contributed by atoms with Gasteiger partial charge in [-0.3, -0.25) is 0 Å². The van der Waals surface area contributed by atoms with E-state index in [-0.39, 0.29) is 5.82 Å². The van der Waals surface area contributed by atoms with Gasteiger partial charge in [0.15, 0.2) is 0 Å². The second kappa shape index (κ2) is 4.26. The molecule has 0 spiro atoms. The Morgan fingerprint density at radius 1 is 1.46 bits per heavy atom. The molecule has 0 radical (unpaired) electrons. The summed E-state index contributed by atoms with van der Waals surface area (Å²) in [7, 11) is 1.61. The standard InChI is InChI=1S/C11H15FO/c1-4-8(2)10-7-9(12)5-6-11(10)13-3/h5-8H,4H2,1-3H3. The number of ether oxygens (including phenoxy) is 1. The van der Waals surface area contributed by atoms with Crippen LogP contribution in [-0.2, 0) is 0 Å². The normalized spacial score (nSPS) is 12.6. The zero-order valence-electron chi connectivity index (χ0n) is 8.30. The molecule has 0 aliphatic carbocycles. The van der Waals surface area contributed by atoms with Gasteiger partial charge in [0.1, 0.15) is 11.6 Å². The molecule has 1 nitrogen and oxygen atoms in total. The van der Waals surface area contributed by atoms with Gasteiger partial charge in [0, 0.05) is 0 Å². The molecule has 0 aliphatic heterocycles. The Balaban J connectivity index is 3.07. The minimum atomic E-state index is -0.198. The Kier molecular flexibility index (Phi) is 3.29. The van der Waals surface area contributed by atoms with Gasteiger partial charge in [-0.1, -0.05) is 13.8 Å². The van der Waals surface area contributed by atoms with Gasteiger partial charge >= 0.3 is 0 Å². The Morgan fingerprint density at radius 3 is 2.69 bits per heavy atom. The molecule has 0 aromatic heterocycles. The van der Waals surface area contributed by atoms with Crippen molar-refractivity contribution in [1.82, 2.24) is 0 Å². The third-order valence-electron chi connectivity index (χ3n) is 2.34. The number of hydrogen-bond acceptors (Lipinski definition) is 1. The number of rotatable bonds is 3. The molecule has 0 amide bonds. The van der Waals surface area contributed by atoms with Gasteiger partial charge in [-0.05, 0) is 36.1 Å². The lowest BCUT2D eigenvalue weighted by molar-refractivity contribution is 0.404. The molecule has 0 aliphatic rings. The van der Waals surface area contributed by atoms with E-state index in [1.54, 1.807) is 19.2 Å². The van der Waals surface area contributed by atoms with Crippen LogP contribution >= 0.6 is 0 Å². The summed E-state index contributed by atoms with van der Waals surface area (Å²) in [6, 6.07) is 4.65. The van der Waals surface area contributed by atoms with Crippen molar-refractivity contribution in [3.8, 4) is 5.75 Å². The van der Waals surface area contributed by atoms with E-state index in [1.807, 2.05) is 0 Å². The van der Waals surface area contributed by atoms with Gasteiger partial charge in [0.2, 0.25) is 0 Å². The first-order valence-electron chi connectivity index (χ1n) is 4.52. The van der Waals surface area contributed by atoms with Crippen LogP contribution < -0.4 is 4.74 Å². The Morgan fingerprint density at radius 2 is 2.15 bits per heavy atom. The molecule has 0 saturated heterocycles. The minimum absolute atomic E-state index is 0.198. The highest BCUT2D eigenvalue weighted by molar-refractivity contribution is 5.36. The van der Waals surface area contributed by atoms with E-state index in [0.29, 0.717) is 5.92 Å². The molecule has 2 heteroatoms. The van der Waals surface area contributed by atoms with Crippen molar-refractivity contribution in [1.29, 1.82) is 0 Å². The van der Waals surface area contributed by atoms with Crippen molar-refractivity contribution in [2.24, 2.45) is 0 Å². The minimum Gasteiger partial charge on any atom is -0.496 e. The van der Waals surface area contributed by atoms with E-state index in [2.05, 4.69) is 13.8 Å². The van der Waals surface area contributed by atoms with Crippen molar-refractivity contribution in [2.45, 2.75) is 26.2 Å². The fraction of sp³-hybridized carbons (Fsp3) is 0.455. The smallest absolute Gasteiger partial charge is 0.123 e. The monoisotopic (exact) mass is 182 g/mol. The lowest BCUT2D eigenvalue weighted by atomic mass is 9.97. The molecule has 1 aromatic rings. The maximum Gasteiger partial charge on any atom is 0.123 e. The summed E-state index contributed by atoms with van der Waals surface area (Å²) in [5, 5.41) is 0. The van der Waals surface area contributed by atoms with Crippen LogP contribution in [0, 0.1) is 5.82 Å². The second-order valence-corrected chi connectivity index (χ2v) is 3.20. The van der Waals surface area contributed by atoms with Crippen LogP contribution in [0.25, 0.3) is 0 Å². The Labute approximate surface area is 78.5 Å². The van der Waals surface area contributed by atoms with E-state index in [0.717, 1.165) is 17.7 Å². The van der Waals surface area contributed by atoms with Crippen molar-refractivity contribution < 1.29 is 9.13 Å². The molecule has 1 rings (SSSR count). The summed E-state index contributed by atoms with van der Waals surface area (Å²) in [5.74, 6) is 0.914. The first-order valence-corrected chi connectivity index (χ1v) is 4.52. The van der Waals surface area contributed by atoms with Crippen molar-refractivity contribution in [3.63, 3.8) is 0 Å². The summed E-state index contributed by atoms with van der Waals surface area (Å²) in [5.41, 5.74) is 0.949. The van der Waals surface area contributed by atoms with Crippen molar-refractivity contribution in [2.75, 3.05) is 7.11 Å². The van der Waals surface area contributed by atoms with Gasteiger partial charge in [-0.2, -0.15) is 0 Å². The van der Waals surface area contributed by atoms with E-state index >= 15 is 0 Å². The highest BCUT2D eigenvalue weighted by Gasteiger charge is 2.10. The topological polar surface area (TPSA) is 9.23 Å². The molecular formula is C11H15FO. The summed E-state index contributed by atoms with van der Waals surface area (Å²) in [6.07, 6.45) is 0.986. The first-order chi connectivity index (χ1) is 6.19. The van der Waals surface area contributed by atoms with Gasteiger partial charge in [-0.15, -0.1) is 0 Å². The van der Waals surface area contributed by atoms with E-state index in [4.69, 9.17) is 4.74 Å². The predicted octanol–water partition coefficient (Wildman–Crippen LogP) is 3.35. The number of methoxy groups -OCH3 is 1. The van der Waals surface area contributed by atoms with Crippen LogP contribution in [0.1, 0.15) is 31.7 Å². The second-order valence-electron chi connectivity index (χ2n) is 3.20. The number of benzene rings is 1. The zero-order valence-corrected chi connectivity index (χ0v) is 8.30. The maximum absolute atomic E-state index is 12.9. The first kappa shape index (κ1) is 10.0. The van der Waals surface area contributed by atoms with E-state index < -0.39 is 0 Å². The van der Waals surface area contributed by atoms with Crippen LogP contribution in [0.15, 0.2) is 18.2 Å². The van der Waals surface area contributed by atoms with Crippen LogP contribution in [0.3, 0.4) is 0 Å². The molecule has 1 atom stereocenters. The molecule has 0 heterocycles. The fourth-order valence-corrected chi connectivity index (χ4v) is 1.31. The predicted molar refractivity (Wildman–Crippen MR) is 51.7 cm³/mol. The molecule has 0 saturated carbocycles. The molecule has 1 unspecified atom stereocenters. The van der Waals surface area contributed by atoms with Crippen LogP contribution in [0.5, 0.6) is 5.75 Å². The molecule has 0 bridgehead atoms.